The highest BCUT2D eigenvalue weighted by atomic mass is 16.6. The Morgan fingerprint density at radius 3 is 2.28 bits per heavy atom. The lowest BCUT2D eigenvalue weighted by Crippen LogP contribution is -2.28. The van der Waals surface area contributed by atoms with E-state index in [4.69, 9.17) is 4.74 Å². The van der Waals surface area contributed by atoms with Gasteiger partial charge < -0.3 is 15.2 Å². The van der Waals surface area contributed by atoms with E-state index in [0.717, 1.165) is 24.8 Å². The van der Waals surface area contributed by atoms with Crippen molar-refractivity contribution < 1.29 is 19.4 Å². The summed E-state index contributed by atoms with van der Waals surface area (Å²) in [7, 11) is 0. The third-order valence-electron chi connectivity index (χ3n) is 4.22. The lowest BCUT2D eigenvalue weighted by molar-refractivity contribution is 0.0635. The Balaban J connectivity index is 2.37. The fourth-order valence-electron chi connectivity index (χ4n) is 2.86. The number of phenols is 1. The minimum Gasteiger partial charge on any atom is -0.506 e. The van der Waals surface area contributed by atoms with Crippen molar-refractivity contribution >= 4 is 23.4 Å². The zero-order valence-corrected chi connectivity index (χ0v) is 17.5. The number of carbonyl (C=O) groups excluding carboxylic acids is 2. The predicted octanol–water partition coefficient (Wildman–Crippen LogP) is 5.72. The maximum Gasteiger partial charge on any atom is 0.412 e. The van der Waals surface area contributed by atoms with Gasteiger partial charge in [-0.25, -0.2) is 4.79 Å². The van der Waals surface area contributed by atoms with Crippen LogP contribution in [-0.4, -0.2) is 22.7 Å². The lowest BCUT2D eigenvalue weighted by atomic mass is 10.0. The Labute approximate surface area is 172 Å². The lowest BCUT2D eigenvalue weighted by Gasteiger charge is -2.22. The molecule has 6 nitrogen and oxygen atoms in total. The average Bonchev–Trinajstić information content (AvgIpc) is 2.65. The van der Waals surface area contributed by atoms with Crippen LogP contribution >= 0.6 is 0 Å². The smallest absolute Gasteiger partial charge is 0.412 e. The molecule has 29 heavy (non-hydrogen) atoms. The average molecular weight is 399 g/mol. The number of amides is 2. The molecule has 3 N–H and O–H groups in total. The van der Waals surface area contributed by atoms with Crippen LogP contribution in [0.15, 0.2) is 42.5 Å². The fraction of sp³-hybridized carbons (Fsp3) is 0.391. The van der Waals surface area contributed by atoms with Crippen molar-refractivity contribution in [2.75, 3.05) is 10.6 Å². The van der Waals surface area contributed by atoms with Crippen molar-refractivity contribution in [3.05, 3.63) is 53.6 Å². The van der Waals surface area contributed by atoms with Crippen LogP contribution in [-0.2, 0) is 11.2 Å². The highest BCUT2D eigenvalue weighted by Crippen LogP contribution is 2.36. The van der Waals surface area contributed by atoms with Gasteiger partial charge in [0.2, 0.25) is 0 Å². The summed E-state index contributed by atoms with van der Waals surface area (Å²) in [4.78, 5) is 25.0. The topological polar surface area (TPSA) is 87.7 Å². The second-order valence-electron chi connectivity index (χ2n) is 7.90. The number of carbonyl (C=O) groups is 2. The molecule has 0 aromatic heterocycles. The third-order valence-corrected chi connectivity index (χ3v) is 4.22. The molecule has 0 spiro atoms. The van der Waals surface area contributed by atoms with Crippen LogP contribution in [0.1, 0.15) is 62.9 Å². The number of benzene rings is 2. The van der Waals surface area contributed by atoms with Gasteiger partial charge in [0.05, 0.1) is 5.69 Å². The van der Waals surface area contributed by atoms with Crippen molar-refractivity contribution in [3.8, 4) is 5.75 Å². The summed E-state index contributed by atoms with van der Waals surface area (Å²) in [6.45, 7) is 7.38. The number of ether oxygens (including phenoxy) is 1. The molecule has 0 saturated carbocycles. The van der Waals surface area contributed by atoms with Gasteiger partial charge in [-0.1, -0.05) is 44.0 Å². The van der Waals surface area contributed by atoms with E-state index in [9.17, 15) is 14.7 Å². The number of unbranched alkanes of at least 4 members (excludes halogenated alkanes) is 2. The first-order valence-corrected chi connectivity index (χ1v) is 9.92. The Morgan fingerprint density at radius 2 is 1.66 bits per heavy atom. The maximum absolute atomic E-state index is 12.7. The first-order chi connectivity index (χ1) is 13.7. The van der Waals surface area contributed by atoms with E-state index in [-0.39, 0.29) is 17.3 Å². The van der Waals surface area contributed by atoms with E-state index >= 15 is 0 Å². The molecule has 2 amide bonds. The number of rotatable bonds is 7. The van der Waals surface area contributed by atoms with Crippen LogP contribution < -0.4 is 10.6 Å². The number of phenolic OH excluding ortho intramolecular Hbond substituents is 1. The minimum atomic E-state index is -0.700. The molecular weight excluding hydrogens is 368 g/mol. The number of aromatic hydroxyl groups is 1. The second kappa shape index (κ2) is 9.96. The van der Waals surface area contributed by atoms with Crippen molar-refractivity contribution in [3.63, 3.8) is 0 Å². The van der Waals surface area contributed by atoms with Crippen LogP contribution in [0.25, 0.3) is 0 Å². The van der Waals surface area contributed by atoms with Gasteiger partial charge in [0.1, 0.15) is 17.0 Å². The monoisotopic (exact) mass is 398 g/mol. The van der Waals surface area contributed by atoms with Gasteiger partial charge in [-0.15, -0.1) is 0 Å². The molecular formula is C23H30N2O4. The zero-order chi connectivity index (χ0) is 21.4. The normalized spacial score (nSPS) is 11.0. The van der Waals surface area contributed by atoms with E-state index in [1.165, 1.54) is 6.07 Å². The molecule has 0 radical (unpaired) electrons. The molecule has 0 aliphatic rings. The Bertz CT molecular complexity index is 842. The molecule has 0 bridgehead atoms. The largest absolute Gasteiger partial charge is 0.506 e. The van der Waals surface area contributed by atoms with Gasteiger partial charge in [-0.3, -0.25) is 10.1 Å². The first kappa shape index (κ1) is 22.3. The summed E-state index contributed by atoms with van der Waals surface area (Å²) >= 11 is 0. The van der Waals surface area contributed by atoms with E-state index < -0.39 is 11.7 Å². The second-order valence-corrected chi connectivity index (χ2v) is 7.90. The van der Waals surface area contributed by atoms with E-state index in [1.807, 2.05) is 6.07 Å². The molecule has 0 heterocycles. The third kappa shape index (κ3) is 6.82. The molecule has 0 aliphatic carbocycles. The van der Waals surface area contributed by atoms with Gasteiger partial charge in [-0.05, 0) is 57.4 Å². The summed E-state index contributed by atoms with van der Waals surface area (Å²) in [6.07, 6.45) is 3.05. The van der Waals surface area contributed by atoms with Crippen LogP contribution in [0.3, 0.4) is 0 Å². The number of aryl methyl sites for hydroxylation is 1. The first-order valence-electron chi connectivity index (χ1n) is 9.92. The summed E-state index contributed by atoms with van der Waals surface area (Å²) in [5, 5.41) is 15.9. The highest BCUT2D eigenvalue weighted by Gasteiger charge is 2.22. The Morgan fingerprint density at radius 1 is 0.966 bits per heavy atom. The molecule has 2 aromatic carbocycles. The van der Waals surface area contributed by atoms with Gasteiger partial charge in [-0.2, -0.15) is 0 Å². The maximum atomic E-state index is 12.7. The molecule has 0 unspecified atom stereocenters. The highest BCUT2D eigenvalue weighted by molar-refractivity contribution is 6.08. The molecule has 156 valence electrons. The van der Waals surface area contributed by atoms with Crippen molar-refractivity contribution in [1.29, 1.82) is 0 Å². The van der Waals surface area contributed by atoms with Crippen molar-refractivity contribution in [2.24, 2.45) is 0 Å². The Hall–Kier alpha value is -3.02. The van der Waals surface area contributed by atoms with E-state index in [2.05, 4.69) is 17.6 Å². The van der Waals surface area contributed by atoms with Gasteiger partial charge >= 0.3 is 6.09 Å². The standard InChI is InChI=1S/C23H30N2O4/c1-5-6-8-11-16-14-15-18(26)20(25-22(28)29-23(2,3)4)19(16)24-21(27)17-12-9-7-10-13-17/h7,9-10,12-15,26H,5-6,8,11H2,1-4H3,(H,24,27)(H,25,28). The van der Waals surface area contributed by atoms with Gasteiger partial charge in [0.25, 0.3) is 5.91 Å². The summed E-state index contributed by atoms with van der Waals surface area (Å²) < 4.78 is 5.31. The summed E-state index contributed by atoms with van der Waals surface area (Å²) in [6, 6.07) is 12.1. The van der Waals surface area contributed by atoms with Crippen molar-refractivity contribution in [1.82, 2.24) is 0 Å². The molecule has 2 aromatic rings. The fourth-order valence-corrected chi connectivity index (χ4v) is 2.86. The van der Waals surface area contributed by atoms with Gasteiger partial charge in [0.15, 0.2) is 0 Å². The number of hydrogen-bond donors (Lipinski definition) is 3. The predicted molar refractivity (Wildman–Crippen MR) is 116 cm³/mol. The number of nitrogens with one attached hydrogen (secondary N) is 2. The summed E-state index contributed by atoms with van der Waals surface area (Å²) in [5.74, 6) is -0.460. The van der Waals surface area contributed by atoms with E-state index in [0.29, 0.717) is 17.7 Å². The van der Waals surface area contributed by atoms with Crippen LogP contribution in [0, 0.1) is 0 Å². The SMILES string of the molecule is CCCCCc1ccc(O)c(NC(=O)OC(C)(C)C)c1NC(=O)c1ccccc1. The minimum absolute atomic E-state index is 0.137. The zero-order valence-electron chi connectivity index (χ0n) is 17.5. The number of anilines is 2. The number of hydrogen-bond acceptors (Lipinski definition) is 4. The molecule has 2 rings (SSSR count). The molecule has 0 atom stereocenters. The van der Waals surface area contributed by atoms with Crippen LogP contribution in [0.2, 0.25) is 0 Å². The van der Waals surface area contributed by atoms with Gasteiger partial charge in [0, 0.05) is 5.56 Å². The molecule has 0 fully saturated rings. The molecule has 0 aliphatic heterocycles. The van der Waals surface area contributed by atoms with Crippen LogP contribution in [0.4, 0.5) is 16.2 Å². The molecule has 6 heteroatoms. The summed E-state index contributed by atoms with van der Waals surface area (Å²) in [5.41, 5.74) is 1.16. The quantitative estimate of drug-likeness (QED) is 0.411. The van der Waals surface area contributed by atoms with E-state index in [1.54, 1.807) is 51.1 Å². The van der Waals surface area contributed by atoms with Crippen molar-refractivity contribution in [2.45, 2.75) is 59.0 Å². The van der Waals surface area contributed by atoms with Crippen LogP contribution in [0.5, 0.6) is 5.75 Å². The Kier molecular flexibility index (Phi) is 7.65. The molecule has 0 saturated heterocycles.